The second-order valence-corrected chi connectivity index (χ2v) is 7.89. The van der Waals surface area contributed by atoms with E-state index >= 15 is 0 Å². The van der Waals surface area contributed by atoms with Gasteiger partial charge in [-0.3, -0.25) is 9.00 Å². The summed E-state index contributed by atoms with van der Waals surface area (Å²) in [5.74, 6) is 1.74. The number of carbonyl (C=O) groups excluding carboxylic acids is 1. The number of hydrogen-bond acceptors (Lipinski definition) is 3. The summed E-state index contributed by atoms with van der Waals surface area (Å²) in [6.45, 7) is 1.97. The summed E-state index contributed by atoms with van der Waals surface area (Å²) in [5.41, 5.74) is 1.01. The molecule has 1 fully saturated rings. The third-order valence-electron chi connectivity index (χ3n) is 3.27. The van der Waals surface area contributed by atoms with Crippen LogP contribution in [0.15, 0.2) is 30.3 Å². The molecule has 0 N–H and O–H groups in total. The molecule has 18 heavy (non-hydrogen) atoms. The van der Waals surface area contributed by atoms with Crippen molar-refractivity contribution >= 4 is 28.3 Å². The van der Waals surface area contributed by atoms with Gasteiger partial charge in [0.2, 0.25) is 0 Å². The quantitative estimate of drug-likeness (QED) is 0.851. The van der Waals surface area contributed by atoms with E-state index in [1.807, 2.05) is 37.3 Å². The second kappa shape index (κ2) is 6.02. The van der Waals surface area contributed by atoms with E-state index in [0.29, 0.717) is 18.6 Å². The van der Waals surface area contributed by atoms with Crippen LogP contribution in [-0.4, -0.2) is 25.6 Å². The Balaban J connectivity index is 2.17. The molecule has 1 aliphatic heterocycles. The van der Waals surface area contributed by atoms with E-state index in [1.165, 1.54) is 0 Å². The number of ketones is 1. The smallest absolute Gasteiger partial charge is 0.165 e. The zero-order chi connectivity index (χ0) is 13.0. The zero-order valence-corrected chi connectivity index (χ0v) is 12.2. The van der Waals surface area contributed by atoms with Crippen LogP contribution in [0.25, 0.3) is 0 Å². The van der Waals surface area contributed by atoms with Crippen LogP contribution in [-0.2, 0) is 22.0 Å². The molecule has 0 spiro atoms. The molecular formula is C14H18O2S2. The highest BCUT2D eigenvalue weighted by Gasteiger charge is 2.44. The molecule has 0 unspecified atom stereocenters. The molecule has 0 saturated carbocycles. The second-order valence-electron chi connectivity index (χ2n) is 4.44. The minimum atomic E-state index is -1.03. The van der Waals surface area contributed by atoms with Crippen LogP contribution in [0, 0.1) is 0 Å². The standard InChI is InChI=1S/C14H18O2S2/c1-2-14(17-9-6-10-18(14)16)13(15)11-12-7-4-3-5-8-12/h3-5,7-8H,2,6,9-11H2,1H3/t14-,18+/m1/s1. The topological polar surface area (TPSA) is 34.1 Å². The van der Waals surface area contributed by atoms with Gasteiger partial charge in [-0.15, -0.1) is 11.8 Å². The van der Waals surface area contributed by atoms with Crippen LogP contribution in [0.5, 0.6) is 0 Å². The first-order chi connectivity index (χ1) is 8.69. The lowest BCUT2D eigenvalue weighted by Crippen LogP contribution is -2.44. The van der Waals surface area contributed by atoms with Gasteiger partial charge in [-0.05, 0) is 24.2 Å². The van der Waals surface area contributed by atoms with Crippen LogP contribution in [0.1, 0.15) is 25.3 Å². The molecule has 2 nitrogen and oxygen atoms in total. The predicted octanol–water partition coefficient (Wildman–Crippen LogP) is 2.79. The molecule has 2 atom stereocenters. The lowest BCUT2D eigenvalue weighted by atomic mass is 10.1. The minimum absolute atomic E-state index is 0.124. The summed E-state index contributed by atoms with van der Waals surface area (Å²) < 4.78 is 11.6. The van der Waals surface area contributed by atoms with E-state index in [2.05, 4.69) is 0 Å². The summed E-state index contributed by atoms with van der Waals surface area (Å²) in [5, 5.41) is 0. The van der Waals surface area contributed by atoms with Gasteiger partial charge in [-0.2, -0.15) is 0 Å². The van der Waals surface area contributed by atoms with Gasteiger partial charge in [-0.1, -0.05) is 37.3 Å². The van der Waals surface area contributed by atoms with Crippen molar-refractivity contribution in [2.75, 3.05) is 11.5 Å². The first-order valence-electron chi connectivity index (χ1n) is 6.28. The number of rotatable bonds is 4. The van der Waals surface area contributed by atoms with E-state index < -0.39 is 14.9 Å². The van der Waals surface area contributed by atoms with Crippen LogP contribution >= 0.6 is 11.8 Å². The van der Waals surface area contributed by atoms with E-state index in [9.17, 15) is 9.00 Å². The lowest BCUT2D eigenvalue weighted by molar-refractivity contribution is -0.118. The predicted molar refractivity (Wildman–Crippen MR) is 78.3 cm³/mol. The monoisotopic (exact) mass is 282 g/mol. The van der Waals surface area contributed by atoms with Crippen molar-refractivity contribution in [3.8, 4) is 0 Å². The molecule has 1 saturated heterocycles. The van der Waals surface area contributed by atoms with Crippen molar-refractivity contribution in [3.05, 3.63) is 35.9 Å². The Morgan fingerprint density at radius 1 is 1.39 bits per heavy atom. The van der Waals surface area contributed by atoms with Crippen molar-refractivity contribution in [1.82, 2.24) is 0 Å². The highest BCUT2D eigenvalue weighted by atomic mass is 32.2. The Labute approximate surface area is 115 Å². The summed E-state index contributed by atoms with van der Waals surface area (Å²) in [6, 6.07) is 9.73. The largest absolute Gasteiger partial charge is 0.297 e. The maximum Gasteiger partial charge on any atom is 0.165 e. The third-order valence-corrected chi connectivity index (χ3v) is 7.57. The normalized spacial score (nSPS) is 27.9. The van der Waals surface area contributed by atoms with Crippen molar-refractivity contribution < 1.29 is 9.00 Å². The average Bonchev–Trinajstić information content (AvgIpc) is 2.40. The minimum Gasteiger partial charge on any atom is -0.297 e. The maximum absolute atomic E-state index is 12.5. The Hall–Kier alpha value is -0.610. The lowest BCUT2D eigenvalue weighted by Gasteiger charge is -2.33. The van der Waals surface area contributed by atoms with Crippen molar-refractivity contribution in [1.29, 1.82) is 0 Å². The number of hydrogen-bond donors (Lipinski definition) is 0. The van der Waals surface area contributed by atoms with E-state index in [1.54, 1.807) is 11.8 Å². The van der Waals surface area contributed by atoms with Crippen LogP contribution < -0.4 is 0 Å². The van der Waals surface area contributed by atoms with E-state index in [0.717, 1.165) is 17.7 Å². The Kier molecular flexibility index (Phi) is 4.62. The summed E-state index contributed by atoms with van der Waals surface area (Å²) in [7, 11) is -1.03. The van der Waals surface area contributed by atoms with Gasteiger partial charge in [0.05, 0.1) is 0 Å². The zero-order valence-electron chi connectivity index (χ0n) is 10.6. The molecule has 1 aromatic rings. The van der Waals surface area contributed by atoms with Crippen molar-refractivity contribution in [2.45, 2.75) is 30.3 Å². The molecule has 2 rings (SSSR count). The fraction of sp³-hybridized carbons (Fsp3) is 0.500. The molecule has 0 aromatic heterocycles. The third kappa shape index (κ3) is 2.69. The molecule has 4 heteroatoms. The maximum atomic E-state index is 12.5. The molecule has 0 bridgehead atoms. The molecule has 0 radical (unpaired) electrons. The number of benzene rings is 1. The first kappa shape index (κ1) is 13.8. The average molecular weight is 282 g/mol. The molecule has 1 aliphatic rings. The Morgan fingerprint density at radius 2 is 2.11 bits per heavy atom. The molecular weight excluding hydrogens is 264 g/mol. The van der Waals surface area contributed by atoms with Crippen LogP contribution in [0.4, 0.5) is 0 Å². The number of Topliss-reactive ketones (excluding diaryl/α,β-unsaturated/α-hetero) is 1. The van der Waals surface area contributed by atoms with Gasteiger partial charge in [0.1, 0.15) is 4.08 Å². The van der Waals surface area contributed by atoms with Crippen molar-refractivity contribution in [3.63, 3.8) is 0 Å². The van der Waals surface area contributed by atoms with Crippen LogP contribution in [0.2, 0.25) is 0 Å². The molecule has 98 valence electrons. The van der Waals surface area contributed by atoms with Crippen LogP contribution in [0.3, 0.4) is 0 Å². The molecule has 1 heterocycles. The van der Waals surface area contributed by atoms with Gasteiger partial charge in [-0.25, -0.2) is 0 Å². The van der Waals surface area contributed by atoms with Gasteiger partial charge in [0, 0.05) is 23.0 Å². The Morgan fingerprint density at radius 3 is 2.72 bits per heavy atom. The highest BCUT2D eigenvalue weighted by molar-refractivity contribution is 8.14. The number of carbonyl (C=O) groups is 1. The summed E-state index contributed by atoms with van der Waals surface area (Å²) >= 11 is 1.60. The molecule has 0 amide bonds. The van der Waals surface area contributed by atoms with Gasteiger partial charge in [0.15, 0.2) is 5.78 Å². The van der Waals surface area contributed by atoms with Crippen molar-refractivity contribution in [2.24, 2.45) is 0 Å². The first-order valence-corrected chi connectivity index (χ1v) is 8.59. The number of thioether (sulfide) groups is 1. The van der Waals surface area contributed by atoms with E-state index in [-0.39, 0.29) is 5.78 Å². The molecule has 1 aromatic carbocycles. The molecule has 0 aliphatic carbocycles. The van der Waals surface area contributed by atoms with Gasteiger partial charge >= 0.3 is 0 Å². The summed E-state index contributed by atoms with van der Waals surface area (Å²) in [4.78, 5) is 12.5. The SMILES string of the molecule is CC[C@@]1(C(=O)Cc2ccccc2)SCCC[S@@]1=O. The highest BCUT2D eigenvalue weighted by Crippen LogP contribution is 2.39. The fourth-order valence-corrected chi connectivity index (χ4v) is 5.89. The fourth-order valence-electron chi connectivity index (χ4n) is 2.24. The van der Waals surface area contributed by atoms with Gasteiger partial charge in [0.25, 0.3) is 0 Å². The van der Waals surface area contributed by atoms with Gasteiger partial charge < -0.3 is 0 Å². The van der Waals surface area contributed by atoms with E-state index in [4.69, 9.17) is 0 Å². The summed E-state index contributed by atoms with van der Waals surface area (Å²) in [6.07, 6.45) is 2.01. The Bertz CT molecular complexity index is 444.